The first-order chi connectivity index (χ1) is 10.9. The maximum Gasteiger partial charge on any atom is 0.0922 e. The van der Waals surface area contributed by atoms with E-state index in [0.29, 0.717) is 0 Å². The zero-order valence-corrected chi connectivity index (χ0v) is 14.5. The lowest BCUT2D eigenvalue weighted by molar-refractivity contribution is 0.913. The quantitative estimate of drug-likeness (QED) is 0.660. The molecule has 0 aliphatic rings. The summed E-state index contributed by atoms with van der Waals surface area (Å²) >= 11 is 4.51. The summed E-state index contributed by atoms with van der Waals surface area (Å²) in [5.74, 6) is 0. The minimum absolute atomic E-state index is 0.131. The molecule has 23 heavy (non-hydrogen) atoms. The Kier molecular flexibility index (Phi) is 4.22. The molecule has 3 aromatic rings. The van der Waals surface area contributed by atoms with Crippen molar-refractivity contribution in [2.45, 2.75) is 25.5 Å². The molecule has 3 rings (SSSR count). The lowest BCUT2D eigenvalue weighted by atomic mass is 10.1. The van der Waals surface area contributed by atoms with Gasteiger partial charge in [0.15, 0.2) is 0 Å². The summed E-state index contributed by atoms with van der Waals surface area (Å²) in [7, 11) is 0. The Labute approximate surface area is 142 Å². The van der Waals surface area contributed by atoms with Crippen LogP contribution in [0.5, 0.6) is 0 Å². The molecule has 0 radical (unpaired) electrons. The summed E-state index contributed by atoms with van der Waals surface area (Å²) in [5, 5.41) is 0. The third-order valence-corrected chi connectivity index (χ3v) is 3.74. The summed E-state index contributed by atoms with van der Waals surface area (Å²) in [5.41, 5.74) is 5.93. The number of hydrogen-bond donors (Lipinski definition) is 1. The molecule has 0 unspecified atom stereocenters. The second kappa shape index (κ2) is 6.17. The van der Waals surface area contributed by atoms with Crippen LogP contribution in [-0.2, 0) is 0 Å². The molecular weight excluding hydrogens is 300 g/mol. The molecule has 1 heterocycles. The van der Waals surface area contributed by atoms with Gasteiger partial charge in [-0.05, 0) is 38.5 Å². The highest BCUT2D eigenvalue weighted by atomic mass is 32.1. The number of nitrogens with zero attached hydrogens (tertiary/aromatic N) is 2. The van der Waals surface area contributed by atoms with Gasteiger partial charge in [0, 0.05) is 10.3 Å². The molecule has 2 nitrogen and oxygen atoms in total. The van der Waals surface area contributed by atoms with Gasteiger partial charge in [-0.2, -0.15) is 12.6 Å². The fourth-order valence-corrected chi connectivity index (χ4v) is 2.51. The molecule has 1 aromatic heterocycles. The molecule has 0 fully saturated rings. The van der Waals surface area contributed by atoms with Crippen LogP contribution in [0.3, 0.4) is 0 Å². The minimum atomic E-state index is -0.131. The molecule has 0 N–H and O–H groups in total. The minimum Gasteiger partial charge on any atom is -0.249 e. The number of rotatable bonds is 3. The van der Waals surface area contributed by atoms with Gasteiger partial charge in [-0.1, -0.05) is 48.6 Å². The van der Waals surface area contributed by atoms with Crippen LogP contribution in [0, 0.1) is 6.92 Å². The van der Waals surface area contributed by atoms with E-state index in [-0.39, 0.29) is 4.75 Å². The largest absolute Gasteiger partial charge is 0.249 e. The average Bonchev–Trinajstić information content (AvgIpc) is 2.52. The summed E-state index contributed by atoms with van der Waals surface area (Å²) in [6.45, 7) is 6.13. The maximum absolute atomic E-state index is 4.79. The molecule has 0 saturated heterocycles. The molecular formula is C20H20N2S. The van der Waals surface area contributed by atoms with Gasteiger partial charge in [-0.3, -0.25) is 0 Å². The third-order valence-electron chi connectivity index (χ3n) is 3.59. The van der Waals surface area contributed by atoms with Crippen molar-refractivity contribution in [2.75, 3.05) is 0 Å². The second-order valence-electron chi connectivity index (χ2n) is 6.26. The molecule has 116 valence electrons. The monoisotopic (exact) mass is 320 g/mol. The van der Waals surface area contributed by atoms with Crippen molar-refractivity contribution < 1.29 is 0 Å². The first-order valence-corrected chi connectivity index (χ1v) is 8.12. The highest BCUT2D eigenvalue weighted by Crippen LogP contribution is 2.24. The summed E-state index contributed by atoms with van der Waals surface area (Å²) < 4.78 is -0.131. The van der Waals surface area contributed by atoms with Crippen molar-refractivity contribution in [3.63, 3.8) is 0 Å². The van der Waals surface area contributed by atoms with Crippen LogP contribution < -0.4 is 0 Å². The molecule has 0 bridgehead atoms. The van der Waals surface area contributed by atoms with Gasteiger partial charge >= 0.3 is 0 Å². The summed E-state index contributed by atoms with van der Waals surface area (Å²) in [6, 6.07) is 16.3. The van der Waals surface area contributed by atoms with Gasteiger partial charge in [-0.15, -0.1) is 0 Å². The Balaban J connectivity index is 2.04. The van der Waals surface area contributed by atoms with E-state index in [1.165, 1.54) is 0 Å². The Morgan fingerprint density at radius 3 is 2.39 bits per heavy atom. The third kappa shape index (κ3) is 3.80. The number of aromatic nitrogens is 2. The van der Waals surface area contributed by atoms with Crippen LogP contribution in [0.1, 0.15) is 25.1 Å². The molecule has 3 heteroatoms. The van der Waals surface area contributed by atoms with Gasteiger partial charge in [0.05, 0.1) is 22.4 Å². The summed E-state index contributed by atoms with van der Waals surface area (Å²) in [4.78, 5) is 9.53. The van der Waals surface area contributed by atoms with Gasteiger partial charge in [0.1, 0.15) is 0 Å². The maximum atomic E-state index is 4.79. The van der Waals surface area contributed by atoms with Crippen molar-refractivity contribution in [1.29, 1.82) is 0 Å². The van der Waals surface area contributed by atoms with Crippen LogP contribution in [-0.4, -0.2) is 14.7 Å². The van der Waals surface area contributed by atoms with E-state index in [1.807, 2.05) is 31.2 Å². The molecule has 0 atom stereocenters. The Hall–Kier alpha value is -2.13. The number of benzene rings is 2. The average molecular weight is 320 g/mol. The fraction of sp³-hybridized carbons (Fsp3) is 0.200. The molecule has 0 aliphatic heterocycles. The van der Waals surface area contributed by atoms with Gasteiger partial charge in [0.25, 0.3) is 0 Å². The van der Waals surface area contributed by atoms with E-state index in [0.717, 1.165) is 33.5 Å². The van der Waals surface area contributed by atoms with Crippen LogP contribution >= 0.6 is 12.6 Å². The number of fused-ring (bicyclic) bond motifs is 1. The van der Waals surface area contributed by atoms with E-state index in [1.54, 1.807) is 0 Å². The van der Waals surface area contributed by atoms with Crippen molar-refractivity contribution in [3.05, 3.63) is 65.9 Å². The Morgan fingerprint density at radius 2 is 1.70 bits per heavy atom. The first kappa shape index (κ1) is 15.8. The van der Waals surface area contributed by atoms with E-state index in [9.17, 15) is 0 Å². The highest BCUT2D eigenvalue weighted by molar-refractivity contribution is 7.82. The predicted molar refractivity (Wildman–Crippen MR) is 102 cm³/mol. The van der Waals surface area contributed by atoms with Gasteiger partial charge < -0.3 is 0 Å². The highest BCUT2D eigenvalue weighted by Gasteiger charge is 2.08. The number of aryl methyl sites for hydroxylation is 1. The van der Waals surface area contributed by atoms with Gasteiger partial charge in [0.2, 0.25) is 0 Å². The molecule has 2 aromatic carbocycles. The number of hydrogen-bond acceptors (Lipinski definition) is 3. The Morgan fingerprint density at radius 1 is 0.957 bits per heavy atom. The van der Waals surface area contributed by atoms with E-state index in [2.05, 4.69) is 62.9 Å². The van der Waals surface area contributed by atoms with E-state index < -0.39 is 0 Å². The lowest BCUT2D eigenvalue weighted by Gasteiger charge is -2.10. The smallest absolute Gasteiger partial charge is 0.0922 e. The van der Waals surface area contributed by atoms with E-state index >= 15 is 0 Å². The number of thiol groups is 1. The lowest BCUT2D eigenvalue weighted by Crippen LogP contribution is -2.03. The molecule has 0 amide bonds. The van der Waals surface area contributed by atoms with Crippen molar-refractivity contribution in [1.82, 2.24) is 9.97 Å². The Bertz CT molecular complexity index is 862. The van der Waals surface area contributed by atoms with Gasteiger partial charge in [-0.25, -0.2) is 9.97 Å². The molecule has 0 saturated carbocycles. The molecule has 0 aliphatic carbocycles. The standard InChI is InChI=1S/C20H20N2S/c1-14-19(16-7-5-4-6-8-16)22-17-10-9-15(13-18(17)21-14)11-12-20(2,3)23/h4-13,23H,1-3H3/b12-11+. The van der Waals surface area contributed by atoms with Crippen LogP contribution in [0.4, 0.5) is 0 Å². The second-order valence-corrected chi connectivity index (χ2v) is 7.41. The van der Waals surface area contributed by atoms with Crippen LogP contribution in [0.15, 0.2) is 54.6 Å². The van der Waals surface area contributed by atoms with E-state index in [4.69, 9.17) is 9.97 Å². The first-order valence-electron chi connectivity index (χ1n) is 7.68. The fourth-order valence-electron chi connectivity index (χ4n) is 2.43. The summed E-state index contributed by atoms with van der Waals surface area (Å²) in [6.07, 6.45) is 4.16. The van der Waals surface area contributed by atoms with Crippen molar-refractivity contribution >= 4 is 29.7 Å². The predicted octanol–water partition coefficient (Wildman–Crippen LogP) is 5.33. The zero-order chi connectivity index (χ0) is 16.4. The van der Waals surface area contributed by atoms with Crippen LogP contribution in [0.25, 0.3) is 28.4 Å². The molecule has 0 spiro atoms. The SMILES string of the molecule is Cc1nc2cc(/C=C/C(C)(C)S)ccc2nc1-c1ccccc1. The van der Waals surface area contributed by atoms with Crippen molar-refractivity contribution in [2.24, 2.45) is 0 Å². The van der Waals surface area contributed by atoms with Crippen molar-refractivity contribution in [3.8, 4) is 11.3 Å². The normalized spacial score (nSPS) is 12.2. The topological polar surface area (TPSA) is 25.8 Å². The van der Waals surface area contributed by atoms with Crippen LogP contribution in [0.2, 0.25) is 0 Å². The zero-order valence-electron chi connectivity index (χ0n) is 13.6.